The molecule has 0 bridgehead atoms. The molecule has 0 saturated heterocycles. The number of hydrogen-bond acceptors (Lipinski definition) is 1. The molecule has 7 aromatic carbocycles. The molecule has 10 rings (SSSR count). The van der Waals surface area contributed by atoms with Crippen molar-refractivity contribution in [1.82, 2.24) is 9.13 Å². The Kier molecular flexibility index (Phi) is 5.51. The smallest absolute Gasteiger partial charge is 0.189 e. The molecule has 3 aromatic heterocycles. The van der Waals surface area contributed by atoms with Gasteiger partial charge in [0.25, 0.3) is 0 Å². The van der Waals surface area contributed by atoms with Crippen molar-refractivity contribution >= 4 is 80.8 Å². The lowest BCUT2D eigenvalue weighted by atomic mass is 10.0. The first kappa shape index (κ1) is 26.1. The second-order valence-electron chi connectivity index (χ2n) is 12.0. The van der Waals surface area contributed by atoms with Gasteiger partial charge in [-0.1, -0.05) is 97.1 Å². The summed E-state index contributed by atoms with van der Waals surface area (Å²) in [6.45, 7) is 7.71. The third-order valence-corrected chi connectivity index (χ3v) is 10.8. The van der Waals surface area contributed by atoms with Crippen molar-refractivity contribution in [1.29, 1.82) is 0 Å². The van der Waals surface area contributed by atoms with Crippen molar-refractivity contribution in [3.63, 3.8) is 0 Å². The van der Waals surface area contributed by atoms with E-state index in [0.717, 1.165) is 27.8 Å². The van der Waals surface area contributed by atoms with Gasteiger partial charge in [-0.15, -0.1) is 11.3 Å². The monoisotopic (exact) mass is 615 g/mol. The van der Waals surface area contributed by atoms with Gasteiger partial charge in [0, 0.05) is 58.6 Å². The van der Waals surface area contributed by atoms with E-state index in [1.54, 1.807) is 0 Å². The normalized spacial score (nSPS) is 11.8. The van der Waals surface area contributed by atoms with Crippen LogP contribution in [-0.2, 0) is 0 Å². The summed E-state index contributed by atoms with van der Waals surface area (Å²) in [6, 6.07) is 54.2. The number of thiophene rings is 1. The summed E-state index contributed by atoms with van der Waals surface area (Å²) >= 11 is 1.87. The summed E-state index contributed by atoms with van der Waals surface area (Å²) in [7, 11) is 0. The summed E-state index contributed by atoms with van der Waals surface area (Å²) in [4.78, 5) is 3.77. The fourth-order valence-electron chi connectivity index (χ4n) is 7.52. The molecule has 218 valence electrons. The molecule has 3 nitrogen and oxygen atoms in total. The molecule has 3 heterocycles. The van der Waals surface area contributed by atoms with Crippen LogP contribution in [0.4, 0.5) is 5.69 Å². The van der Waals surface area contributed by atoms with E-state index in [2.05, 4.69) is 147 Å². The molecule has 0 aliphatic heterocycles. The van der Waals surface area contributed by atoms with E-state index < -0.39 is 0 Å². The van der Waals surface area contributed by atoms with E-state index in [1.165, 1.54) is 58.5 Å². The topological polar surface area (TPSA) is 14.2 Å². The Morgan fingerprint density at radius 3 is 1.89 bits per heavy atom. The Labute approximate surface area is 274 Å². The van der Waals surface area contributed by atoms with Gasteiger partial charge in [0.1, 0.15) is 0 Å². The van der Waals surface area contributed by atoms with Crippen LogP contribution in [0.5, 0.6) is 0 Å². The maximum absolute atomic E-state index is 7.71. The van der Waals surface area contributed by atoms with Crippen molar-refractivity contribution < 1.29 is 0 Å². The van der Waals surface area contributed by atoms with Crippen LogP contribution in [0.3, 0.4) is 0 Å². The van der Waals surface area contributed by atoms with Crippen molar-refractivity contribution in [2.24, 2.45) is 0 Å². The molecule has 0 aliphatic carbocycles. The maximum atomic E-state index is 7.71. The maximum Gasteiger partial charge on any atom is 0.189 e. The van der Waals surface area contributed by atoms with E-state index in [0.29, 0.717) is 5.69 Å². The van der Waals surface area contributed by atoms with Crippen LogP contribution in [0, 0.1) is 6.57 Å². The predicted molar refractivity (Wildman–Crippen MR) is 200 cm³/mol. The first-order valence-corrected chi connectivity index (χ1v) is 16.5. The highest BCUT2D eigenvalue weighted by Gasteiger charge is 2.21. The summed E-state index contributed by atoms with van der Waals surface area (Å²) in [5.41, 5.74) is 9.86. The van der Waals surface area contributed by atoms with E-state index in [1.807, 2.05) is 29.5 Å². The van der Waals surface area contributed by atoms with Gasteiger partial charge in [0.05, 0.1) is 23.1 Å². The summed E-state index contributed by atoms with van der Waals surface area (Å²) in [5.74, 6) is 0. The Hall–Kier alpha value is -6.15. The molecule has 0 aliphatic rings. The standard InChI is InChI=1S/C43H25N3S/c1-44-28-20-23-35-39(26-28)46(29-10-3-2-4-11-29)38-25-24-37-41(42(35)38)34-13-5-7-16-36(34)45(37)30-21-18-27(19-22-30)31-14-9-15-33-32-12-6-8-17-40(32)47-43(31)33/h2-26H. The minimum Gasteiger partial charge on any atom is -0.310 e. The quantitative estimate of drug-likeness (QED) is 0.176. The van der Waals surface area contributed by atoms with Crippen LogP contribution in [0.15, 0.2) is 152 Å². The van der Waals surface area contributed by atoms with Gasteiger partial charge in [-0.3, -0.25) is 0 Å². The Balaban J connectivity index is 1.22. The van der Waals surface area contributed by atoms with E-state index in [-0.39, 0.29) is 0 Å². The molecule has 0 N–H and O–H groups in total. The zero-order chi connectivity index (χ0) is 31.1. The van der Waals surface area contributed by atoms with Gasteiger partial charge in [-0.2, -0.15) is 0 Å². The van der Waals surface area contributed by atoms with Crippen LogP contribution in [0.2, 0.25) is 0 Å². The number of para-hydroxylation sites is 2. The van der Waals surface area contributed by atoms with Gasteiger partial charge < -0.3 is 9.13 Å². The molecule has 0 saturated carbocycles. The predicted octanol–water partition coefficient (Wildman–Crippen LogP) is 12.5. The van der Waals surface area contributed by atoms with Gasteiger partial charge in [0.2, 0.25) is 0 Å². The average molecular weight is 616 g/mol. The van der Waals surface area contributed by atoms with Crippen LogP contribution in [0.25, 0.3) is 91.1 Å². The highest BCUT2D eigenvalue weighted by atomic mass is 32.1. The van der Waals surface area contributed by atoms with Crippen LogP contribution >= 0.6 is 11.3 Å². The number of rotatable bonds is 3. The summed E-state index contributed by atoms with van der Waals surface area (Å²) < 4.78 is 7.35. The first-order valence-electron chi connectivity index (χ1n) is 15.7. The van der Waals surface area contributed by atoms with Crippen molar-refractivity contribution in [2.45, 2.75) is 0 Å². The lowest BCUT2D eigenvalue weighted by Gasteiger charge is -2.10. The van der Waals surface area contributed by atoms with Crippen LogP contribution in [-0.4, -0.2) is 9.13 Å². The highest BCUT2D eigenvalue weighted by molar-refractivity contribution is 7.26. The molecule has 0 unspecified atom stereocenters. The third-order valence-electron chi connectivity index (χ3n) is 9.53. The SMILES string of the molecule is [C-]#[N+]c1ccc2c3c4c5ccccc5n(-c5ccc(-c6cccc7c6sc6ccccc67)cc5)c4ccc3n(-c3ccccc3)c2c1. The van der Waals surface area contributed by atoms with Crippen molar-refractivity contribution in [2.75, 3.05) is 0 Å². The third kappa shape index (κ3) is 3.72. The summed E-state index contributed by atoms with van der Waals surface area (Å²) in [5, 5.41) is 7.44. The average Bonchev–Trinajstić information content (AvgIpc) is 3.79. The minimum atomic E-state index is 0.641. The van der Waals surface area contributed by atoms with Crippen molar-refractivity contribution in [3.8, 4) is 22.5 Å². The number of benzene rings is 7. The fourth-order valence-corrected chi connectivity index (χ4v) is 8.76. The van der Waals surface area contributed by atoms with Crippen molar-refractivity contribution in [3.05, 3.63) is 163 Å². The number of hydrogen-bond donors (Lipinski definition) is 0. The zero-order valence-electron chi connectivity index (χ0n) is 25.2. The molecule has 47 heavy (non-hydrogen) atoms. The fraction of sp³-hybridized carbons (Fsp3) is 0. The second-order valence-corrected chi connectivity index (χ2v) is 13.1. The Morgan fingerprint density at radius 1 is 0.468 bits per heavy atom. The molecular formula is C43H25N3S. The summed E-state index contributed by atoms with van der Waals surface area (Å²) in [6.07, 6.45) is 0. The lowest BCUT2D eigenvalue weighted by Crippen LogP contribution is -1.94. The number of nitrogens with zero attached hydrogens (tertiary/aromatic N) is 3. The zero-order valence-corrected chi connectivity index (χ0v) is 26.0. The largest absolute Gasteiger partial charge is 0.310 e. The number of aromatic nitrogens is 2. The van der Waals surface area contributed by atoms with Gasteiger partial charge in [-0.05, 0) is 65.7 Å². The minimum absolute atomic E-state index is 0.641. The second kappa shape index (κ2) is 9.92. The van der Waals surface area contributed by atoms with Gasteiger partial charge in [0.15, 0.2) is 5.69 Å². The van der Waals surface area contributed by atoms with E-state index >= 15 is 0 Å². The van der Waals surface area contributed by atoms with Gasteiger partial charge in [-0.25, -0.2) is 4.85 Å². The molecule has 0 spiro atoms. The molecule has 10 aromatic rings. The molecular weight excluding hydrogens is 591 g/mol. The Morgan fingerprint density at radius 2 is 1.11 bits per heavy atom. The van der Waals surface area contributed by atoms with Crippen LogP contribution < -0.4 is 0 Å². The molecule has 0 amide bonds. The van der Waals surface area contributed by atoms with Crippen LogP contribution in [0.1, 0.15) is 0 Å². The van der Waals surface area contributed by atoms with E-state index in [4.69, 9.17) is 6.57 Å². The number of fused-ring (bicyclic) bond motifs is 10. The molecule has 0 atom stereocenters. The lowest BCUT2D eigenvalue weighted by molar-refractivity contribution is 1.17. The molecule has 4 heteroatoms. The van der Waals surface area contributed by atoms with Gasteiger partial charge >= 0.3 is 0 Å². The molecule has 0 fully saturated rings. The highest BCUT2D eigenvalue weighted by Crippen LogP contribution is 2.44. The first-order chi connectivity index (χ1) is 23.3. The Bertz CT molecular complexity index is 2900. The van der Waals surface area contributed by atoms with E-state index in [9.17, 15) is 0 Å². The molecule has 0 radical (unpaired) electrons.